The second-order valence-electron chi connectivity index (χ2n) is 8.51. The molecule has 2 aliphatic rings. The molecule has 1 aliphatic heterocycles. The van der Waals surface area contributed by atoms with Crippen LogP contribution in [-0.4, -0.2) is 45.2 Å². The maximum atomic E-state index is 13.7. The number of carbonyl (C=O) groups is 3. The van der Waals surface area contributed by atoms with Gasteiger partial charge in [0.05, 0.1) is 33.0 Å². The lowest BCUT2D eigenvalue weighted by Gasteiger charge is -2.38. The Morgan fingerprint density at radius 3 is 2.50 bits per heavy atom. The highest BCUT2D eigenvalue weighted by Crippen LogP contribution is 2.46. The average Bonchev–Trinajstić information content (AvgIpc) is 2.81. The minimum Gasteiger partial charge on any atom is -0.493 e. The van der Waals surface area contributed by atoms with Gasteiger partial charge in [-0.25, -0.2) is 4.79 Å². The van der Waals surface area contributed by atoms with E-state index in [9.17, 15) is 14.4 Å². The number of carbonyl (C=O) groups excluding carboxylic acids is 3. The van der Waals surface area contributed by atoms with Gasteiger partial charge in [0.25, 0.3) is 0 Å². The Kier molecular flexibility index (Phi) is 8.02. The summed E-state index contributed by atoms with van der Waals surface area (Å²) in [5.41, 5.74) is 2.72. The van der Waals surface area contributed by atoms with Crippen molar-refractivity contribution < 1.29 is 33.3 Å². The minimum absolute atomic E-state index is 0.247. The van der Waals surface area contributed by atoms with Crippen LogP contribution in [0.1, 0.15) is 52.0 Å². The highest BCUT2D eigenvalue weighted by molar-refractivity contribution is 6.12. The smallest absolute Gasteiger partial charge is 0.336 e. The molecule has 34 heavy (non-hydrogen) atoms. The molecule has 0 spiro atoms. The Morgan fingerprint density at radius 1 is 1.15 bits per heavy atom. The molecule has 0 unspecified atom stereocenters. The lowest BCUT2D eigenvalue weighted by atomic mass is 9.69. The lowest BCUT2D eigenvalue weighted by molar-refractivity contribution is -0.151. The Balaban J connectivity index is 2.19. The van der Waals surface area contributed by atoms with Gasteiger partial charge in [-0.05, 0) is 50.3 Å². The van der Waals surface area contributed by atoms with E-state index in [2.05, 4.69) is 5.32 Å². The summed E-state index contributed by atoms with van der Waals surface area (Å²) in [6, 6.07) is 5.34. The number of benzene rings is 1. The van der Waals surface area contributed by atoms with E-state index in [0.717, 1.165) is 0 Å². The van der Waals surface area contributed by atoms with E-state index in [1.165, 1.54) is 14.2 Å². The van der Waals surface area contributed by atoms with Gasteiger partial charge in [0.15, 0.2) is 17.3 Å². The zero-order valence-corrected chi connectivity index (χ0v) is 20.7. The van der Waals surface area contributed by atoms with E-state index in [1.807, 2.05) is 26.8 Å². The van der Waals surface area contributed by atoms with Crippen molar-refractivity contribution in [1.82, 2.24) is 5.32 Å². The lowest BCUT2D eigenvalue weighted by Crippen LogP contribution is -2.43. The topological polar surface area (TPSA) is 100 Å². The molecule has 1 N–H and O–H groups in total. The molecule has 0 radical (unpaired) electrons. The third-order valence-electron chi connectivity index (χ3n) is 6.22. The Morgan fingerprint density at radius 2 is 1.88 bits per heavy atom. The summed E-state index contributed by atoms with van der Waals surface area (Å²) in [6.45, 7) is 8.16. The summed E-state index contributed by atoms with van der Waals surface area (Å²) in [5.74, 6) is -2.29. The van der Waals surface area contributed by atoms with Crippen LogP contribution in [0.25, 0.3) is 0 Å². The van der Waals surface area contributed by atoms with Crippen molar-refractivity contribution in [3.63, 3.8) is 0 Å². The van der Waals surface area contributed by atoms with Crippen LogP contribution >= 0.6 is 0 Å². The molecule has 0 bridgehead atoms. The molecule has 1 aliphatic carbocycles. The number of esters is 2. The van der Waals surface area contributed by atoms with Gasteiger partial charge in [-0.15, -0.1) is 0 Å². The highest BCUT2D eigenvalue weighted by atomic mass is 16.5. The molecular weight excluding hydrogens is 438 g/mol. The van der Waals surface area contributed by atoms with Crippen molar-refractivity contribution in [2.45, 2.75) is 46.5 Å². The number of allylic oxidation sites excluding steroid dienone is 3. The summed E-state index contributed by atoms with van der Waals surface area (Å²) in [7, 11) is 2.81. The molecular formula is C26H33NO7. The average molecular weight is 472 g/mol. The van der Waals surface area contributed by atoms with E-state index in [-0.39, 0.29) is 18.3 Å². The molecule has 184 valence electrons. The number of Topliss-reactive ketones (excluding diaryl/α,β-unsaturated/α-hetero) is 1. The van der Waals surface area contributed by atoms with Crippen molar-refractivity contribution in [2.75, 3.05) is 27.4 Å². The fraction of sp³-hybridized carbons (Fsp3) is 0.500. The predicted molar refractivity (Wildman–Crippen MR) is 125 cm³/mol. The second-order valence-corrected chi connectivity index (χ2v) is 8.51. The van der Waals surface area contributed by atoms with E-state index in [0.29, 0.717) is 59.1 Å². The summed E-state index contributed by atoms with van der Waals surface area (Å²) >= 11 is 0. The van der Waals surface area contributed by atoms with Gasteiger partial charge in [-0.3, -0.25) is 9.59 Å². The Hall–Kier alpha value is -3.29. The third kappa shape index (κ3) is 4.67. The van der Waals surface area contributed by atoms with Crippen LogP contribution in [0.4, 0.5) is 0 Å². The highest BCUT2D eigenvalue weighted by Gasteiger charge is 2.47. The largest absolute Gasteiger partial charge is 0.493 e. The third-order valence-corrected chi connectivity index (χ3v) is 6.22. The van der Waals surface area contributed by atoms with Gasteiger partial charge in [-0.2, -0.15) is 0 Å². The van der Waals surface area contributed by atoms with E-state index in [1.54, 1.807) is 19.1 Å². The molecule has 8 heteroatoms. The van der Waals surface area contributed by atoms with Crippen LogP contribution < -0.4 is 14.8 Å². The van der Waals surface area contributed by atoms with E-state index < -0.39 is 23.8 Å². The SMILES string of the molecule is CCCOC(=O)C1=C(C)NC2=C(C(=O)[C@@H](C(=O)OC)[C@H](C)C2)[C@@H]1c1ccc(OCC)c(OC)c1. The van der Waals surface area contributed by atoms with Crippen LogP contribution in [0.2, 0.25) is 0 Å². The maximum absolute atomic E-state index is 13.7. The summed E-state index contributed by atoms with van der Waals surface area (Å²) in [5, 5.41) is 3.25. The number of methoxy groups -OCH3 is 2. The van der Waals surface area contributed by atoms with Crippen LogP contribution in [0, 0.1) is 11.8 Å². The molecule has 1 aromatic carbocycles. The van der Waals surface area contributed by atoms with Gasteiger partial charge in [0.2, 0.25) is 0 Å². The zero-order valence-electron chi connectivity index (χ0n) is 20.7. The monoisotopic (exact) mass is 471 g/mol. The Bertz CT molecular complexity index is 1040. The standard InChI is InChI=1S/C26H33NO7/c1-7-11-34-26(30)21-15(4)27-17-12-14(3)20(25(29)32-6)24(28)23(17)22(21)16-9-10-18(33-8-2)19(13-16)31-5/h9-10,13-14,20,22,27H,7-8,11-12H2,1-6H3/t14-,20+,22-/m1/s1. The van der Waals surface area contributed by atoms with Crippen LogP contribution in [0.3, 0.4) is 0 Å². The molecule has 1 heterocycles. The first-order valence-corrected chi connectivity index (χ1v) is 11.6. The predicted octanol–water partition coefficient (Wildman–Crippen LogP) is 3.66. The molecule has 0 aromatic heterocycles. The van der Waals surface area contributed by atoms with Gasteiger partial charge >= 0.3 is 11.9 Å². The number of ketones is 1. The molecule has 3 atom stereocenters. The molecule has 0 saturated carbocycles. The first kappa shape index (κ1) is 25.3. The second kappa shape index (κ2) is 10.8. The summed E-state index contributed by atoms with van der Waals surface area (Å²) < 4.78 is 21.6. The normalized spacial score (nSPS) is 22.1. The number of nitrogens with one attached hydrogen (secondary N) is 1. The van der Waals surface area contributed by atoms with Gasteiger partial charge in [-0.1, -0.05) is 19.9 Å². The first-order valence-electron chi connectivity index (χ1n) is 11.6. The maximum Gasteiger partial charge on any atom is 0.336 e. The number of rotatable bonds is 8. The van der Waals surface area contributed by atoms with E-state index in [4.69, 9.17) is 18.9 Å². The first-order chi connectivity index (χ1) is 16.3. The quantitative estimate of drug-likeness (QED) is 0.453. The fourth-order valence-corrected chi connectivity index (χ4v) is 4.70. The number of ether oxygens (including phenoxy) is 4. The molecule has 8 nitrogen and oxygen atoms in total. The minimum atomic E-state index is -0.941. The van der Waals surface area contributed by atoms with Crippen molar-refractivity contribution in [3.8, 4) is 11.5 Å². The van der Waals surface area contributed by atoms with Crippen molar-refractivity contribution in [1.29, 1.82) is 0 Å². The molecule has 1 aromatic rings. The molecule has 3 rings (SSSR count). The van der Waals surface area contributed by atoms with E-state index >= 15 is 0 Å². The molecule has 0 saturated heterocycles. The summed E-state index contributed by atoms with van der Waals surface area (Å²) in [4.78, 5) is 39.4. The summed E-state index contributed by atoms with van der Waals surface area (Å²) in [6.07, 6.45) is 1.14. The van der Waals surface area contributed by atoms with Gasteiger partial charge in [0.1, 0.15) is 5.92 Å². The molecule has 0 amide bonds. The van der Waals surface area contributed by atoms with Crippen molar-refractivity contribution in [3.05, 3.63) is 46.3 Å². The fourth-order valence-electron chi connectivity index (χ4n) is 4.70. The zero-order chi connectivity index (χ0) is 25.0. The van der Waals surface area contributed by atoms with Gasteiger partial charge < -0.3 is 24.3 Å². The number of hydrogen-bond acceptors (Lipinski definition) is 8. The van der Waals surface area contributed by atoms with Crippen LogP contribution in [-0.2, 0) is 23.9 Å². The van der Waals surface area contributed by atoms with Crippen molar-refractivity contribution >= 4 is 17.7 Å². The van der Waals surface area contributed by atoms with Gasteiger partial charge in [0, 0.05) is 22.9 Å². The van der Waals surface area contributed by atoms with Crippen molar-refractivity contribution in [2.24, 2.45) is 11.8 Å². The van der Waals surface area contributed by atoms with Crippen LogP contribution in [0.15, 0.2) is 40.7 Å². The number of hydrogen-bond donors (Lipinski definition) is 1. The number of dihydropyridines is 1. The molecule has 0 fully saturated rings. The van der Waals surface area contributed by atoms with Crippen LogP contribution in [0.5, 0.6) is 11.5 Å². The Labute approximate surface area is 200 Å².